The molecule has 0 aromatic heterocycles. The Morgan fingerprint density at radius 2 is 1.82 bits per heavy atom. The molecule has 0 unspecified atom stereocenters. The van der Waals surface area contributed by atoms with Crippen molar-refractivity contribution in [3.63, 3.8) is 0 Å². The summed E-state index contributed by atoms with van der Waals surface area (Å²) in [5.41, 5.74) is 2.89. The topological polar surface area (TPSA) is 71.3 Å². The van der Waals surface area contributed by atoms with Gasteiger partial charge in [-0.3, -0.25) is 4.79 Å². The van der Waals surface area contributed by atoms with Crippen LogP contribution in [0.15, 0.2) is 76.8 Å². The lowest BCUT2D eigenvalue weighted by molar-refractivity contribution is -0.117. The molecule has 0 atom stereocenters. The van der Waals surface area contributed by atoms with E-state index in [-0.39, 0.29) is 5.57 Å². The fourth-order valence-corrected chi connectivity index (χ4v) is 4.23. The van der Waals surface area contributed by atoms with E-state index >= 15 is 0 Å². The Morgan fingerprint density at radius 3 is 2.50 bits per heavy atom. The molecule has 34 heavy (non-hydrogen) atoms. The van der Waals surface area contributed by atoms with Crippen molar-refractivity contribution in [2.75, 3.05) is 13.2 Å². The van der Waals surface area contributed by atoms with Gasteiger partial charge in [-0.25, -0.2) is 0 Å². The third kappa shape index (κ3) is 7.61. The first-order valence-electron chi connectivity index (χ1n) is 10.8. The Labute approximate surface area is 222 Å². The fourth-order valence-electron chi connectivity index (χ4n) is 3.19. The van der Waals surface area contributed by atoms with Crippen molar-refractivity contribution >= 4 is 50.5 Å². The van der Waals surface area contributed by atoms with Crippen LogP contribution in [0.1, 0.15) is 23.6 Å². The number of nitrogens with one attached hydrogen (secondary N) is 1. The summed E-state index contributed by atoms with van der Waals surface area (Å²) in [7, 11) is 0. The smallest absolute Gasteiger partial charge is 0.261 e. The Bertz CT molecular complexity index is 1190. The first kappa shape index (κ1) is 25.8. The predicted octanol–water partition coefficient (Wildman–Crippen LogP) is 6.30. The van der Waals surface area contributed by atoms with Gasteiger partial charge in [0.1, 0.15) is 18.2 Å². The van der Waals surface area contributed by atoms with Gasteiger partial charge in [0, 0.05) is 11.0 Å². The number of rotatable bonds is 10. The Kier molecular flexibility index (Phi) is 9.98. The molecule has 1 N–H and O–H groups in total. The van der Waals surface area contributed by atoms with Crippen LogP contribution in [0.25, 0.3) is 6.08 Å². The molecule has 3 aromatic rings. The largest absolute Gasteiger partial charge is 0.490 e. The van der Waals surface area contributed by atoms with Crippen molar-refractivity contribution in [3.8, 4) is 17.6 Å². The summed E-state index contributed by atoms with van der Waals surface area (Å²) in [4.78, 5) is 12.6. The number of nitrogens with zero attached hydrogens (tertiary/aromatic N) is 1. The summed E-state index contributed by atoms with van der Waals surface area (Å²) in [6.07, 6.45) is 2.27. The lowest BCUT2D eigenvalue weighted by Gasteiger charge is -2.15. The summed E-state index contributed by atoms with van der Waals surface area (Å²) in [5.74, 6) is 0.801. The maximum absolute atomic E-state index is 12.6. The molecular weight excluding hydrogens is 607 g/mol. The fraction of sp³-hybridized carbons (Fsp3) is 0.185. The molecule has 3 aromatic carbocycles. The van der Waals surface area contributed by atoms with Gasteiger partial charge in [0.2, 0.25) is 0 Å². The summed E-state index contributed by atoms with van der Waals surface area (Å²) in [6, 6.07) is 23.5. The van der Waals surface area contributed by atoms with Crippen LogP contribution in [0.5, 0.6) is 11.5 Å². The minimum atomic E-state index is -0.401. The van der Waals surface area contributed by atoms with E-state index < -0.39 is 5.91 Å². The normalized spacial score (nSPS) is 10.9. The van der Waals surface area contributed by atoms with Crippen molar-refractivity contribution in [3.05, 3.63) is 97.0 Å². The van der Waals surface area contributed by atoms with E-state index in [1.165, 1.54) is 0 Å². The third-order valence-corrected chi connectivity index (χ3v) is 6.18. The van der Waals surface area contributed by atoms with Crippen molar-refractivity contribution in [2.45, 2.75) is 20.0 Å². The number of hydrogen-bond donors (Lipinski definition) is 1. The summed E-state index contributed by atoms with van der Waals surface area (Å²) in [6.45, 7) is 3.20. The number of carbonyl (C=O) groups excluding carboxylic acids is 1. The van der Waals surface area contributed by atoms with Gasteiger partial charge in [-0.2, -0.15) is 5.26 Å². The van der Waals surface area contributed by atoms with E-state index in [4.69, 9.17) is 9.47 Å². The zero-order valence-electron chi connectivity index (χ0n) is 18.7. The van der Waals surface area contributed by atoms with Crippen molar-refractivity contribution in [1.29, 1.82) is 5.26 Å². The van der Waals surface area contributed by atoms with Gasteiger partial charge in [0.25, 0.3) is 5.91 Å². The molecule has 0 aliphatic heterocycles. The molecule has 0 saturated carbocycles. The van der Waals surface area contributed by atoms with Gasteiger partial charge in [-0.1, -0.05) is 58.4 Å². The Hall–Kier alpha value is -2.83. The number of nitriles is 1. The molecular formula is C27H24BrIN2O3. The zero-order valence-corrected chi connectivity index (χ0v) is 22.4. The van der Waals surface area contributed by atoms with Crippen molar-refractivity contribution in [1.82, 2.24) is 5.32 Å². The van der Waals surface area contributed by atoms with E-state index in [1.54, 1.807) is 12.1 Å². The van der Waals surface area contributed by atoms with Gasteiger partial charge in [0.05, 0.1) is 10.2 Å². The molecule has 0 saturated heterocycles. The van der Waals surface area contributed by atoms with E-state index in [0.29, 0.717) is 43.2 Å². The molecule has 0 radical (unpaired) electrons. The van der Waals surface area contributed by atoms with Crippen LogP contribution in [0.2, 0.25) is 0 Å². The number of amides is 1. The maximum Gasteiger partial charge on any atom is 0.261 e. The van der Waals surface area contributed by atoms with Crippen LogP contribution in [0.3, 0.4) is 0 Å². The lowest BCUT2D eigenvalue weighted by Crippen LogP contribution is -2.26. The van der Waals surface area contributed by atoms with Crippen LogP contribution >= 0.6 is 38.5 Å². The van der Waals surface area contributed by atoms with E-state index in [0.717, 1.165) is 19.2 Å². The molecule has 0 aliphatic carbocycles. The second-order valence-corrected chi connectivity index (χ2v) is 9.42. The average molecular weight is 631 g/mol. The van der Waals surface area contributed by atoms with Gasteiger partial charge >= 0.3 is 0 Å². The number of carbonyl (C=O) groups is 1. The molecule has 7 heteroatoms. The molecule has 5 nitrogen and oxygen atoms in total. The number of ether oxygens (including phenoxy) is 2. The molecule has 0 fully saturated rings. The summed E-state index contributed by atoms with van der Waals surface area (Å²) >= 11 is 5.61. The van der Waals surface area contributed by atoms with Crippen molar-refractivity contribution in [2.24, 2.45) is 0 Å². The van der Waals surface area contributed by atoms with Gasteiger partial charge in [-0.05, 0) is 83.0 Å². The molecule has 0 aliphatic rings. The quantitative estimate of drug-likeness (QED) is 0.162. The molecule has 3 rings (SSSR count). The maximum atomic E-state index is 12.6. The number of hydrogen-bond acceptors (Lipinski definition) is 4. The highest BCUT2D eigenvalue weighted by Gasteiger charge is 2.14. The van der Waals surface area contributed by atoms with Gasteiger partial charge in [0.15, 0.2) is 11.5 Å². The number of benzene rings is 3. The van der Waals surface area contributed by atoms with Gasteiger partial charge in [-0.15, -0.1) is 0 Å². The van der Waals surface area contributed by atoms with Crippen LogP contribution in [0.4, 0.5) is 0 Å². The molecule has 174 valence electrons. The van der Waals surface area contributed by atoms with Crippen LogP contribution in [0, 0.1) is 14.9 Å². The van der Waals surface area contributed by atoms with Crippen LogP contribution < -0.4 is 14.8 Å². The first-order chi connectivity index (χ1) is 16.5. The molecule has 0 bridgehead atoms. The zero-order chi connectivity index (χ0) is 24.3. The highest BCUT2D eigenvalue weighted by atomic mass is 127. The lowest BCUT2D eigenvalue weighted by atomic mass is 10.1. The van der Waals surface area contributed by atoms with E-state index in [9.17, 15) is 10.1 Å². The highest BCUT2D eigenvalue weighted by Crippen LogP contribution is 2.35. The van der Waals surface area contributed by atoms with E-state index in [1.807, 2.05) is 73.7 Å². The van der Waals surface area contributed by atoms with Crippen molar-refractivity contribution < 1.29 is 14.3 Å². The standard InChI is InChI=1S/C27H24BrIN2O3/c1-2-33-25-16-21(15-24(29)26(25)34-18-20-8-10-23(28)11-9-20)14-22(17-30)27(32)31-13-12-19-6-4-3-5-7-19/h3-11,14-16H,2,12-13,18H2,1H3,(H,31,32)/b22-14+. The van der Waals surface area contributed by atoms with Crippen LogP contribution in [-0.4, -0.2) is 19.1 Å². The monoisotopic (exact) mass is 630 g/mol. The minimum absolute atomic E-state index is 0.0369. The third-order valence-electron chi connectivity index (χ3n) is 4.85. The Morgan fingerprint density at radius 1 is 1.09 bits per heavy atom. The van der Waals surface area contributed by atoms with Crippen LogP contribution in [-0.2, 0) is 17.8 Å². The van der Waals surface area contributed by atoms with E-state index in [2.05, 4.69) is 43.8 Å². The molecule has 1 amide bonds. The summed E-state index contributed by atoms with van der Waals surface area (Å²) in [5, 5.41) is 12.4. The van der Waals surface area contributed by atoms with Gasteiger partial charge < -0.3 is 14.8 Å². The number of halogens is 2. The first-order valence-corrected chi connectivity index (χ1v) is 12.6. The second kappa shape index (κ2) is 13.2. The molecule has 0 spiro atoms. The Balaban J connectivity index is 1.73. The average Bonchev–Trinajstić information content (AvgIpc) is 2.84. The SMILES string of the molecule is CCOc1cc(/C=C(\C#N)C(=O)NCCc2ccccc2)cc(I)c1OCc1ccc(Br)cc1. The second-order valence-electron chi connectivity index (χ2n) is 7.34. The summed E-state index contributed by atoms with van der Waals surface area (Å²) < 4.78 is 13.7. The minimum Gasteiger partial charge on any atom is -0.490 e. The molecule has 0 heterocycles. The highest BCUT2D eigenvalue weighted by molar-refractivity contribution is 14.1. The predicted molar refractivity (Wildman–Crippen MR) is 146 cm³/mol.